The molecule has 1 N–H and O–H groups in total. The topological polar surface area (TPSA) is 75.1 Å². The third-order valence-electron chi connectivity index (χ3n) is 5.43. The molecule has 1 aromatic heterocycles. The number of benzene rings is 1. The maximum Gasteiger partial charge on any atom is 0.586 e. The third-order valence-corrected chi connectivity index (χ3v) is 5.43. The average Bonchev–Trinajstić information content (AvgIpc) is 3.04. The van der Waals surface area contributed by atoms with Crippen molar-refractivity contribution < 1.29 is 28.2 Å². The Morgan fingerprint density at radius 1 is 1.12 bits per heavy atom. The van der Waals surface area contributed by atoms with Crippen molar-refractivity contribution in [2.24, 2.45) is 0 Å². The molecule has 4 rings (SSSR count). The molecule has 0 aliphatic carbocycles. The molecule has 0 radical (unpaired) electrons. The highest BCUT2D eigenvalue weighted by Crippen LogP contribution is 2.41. The van der Waals surface area contributed by atoms with Gasteiger partial charge in [0.25, 0.3) is 0 Å². The van der Waals surface area contributed by atoms with Crippen molar-refractivity contribution in [2.45, 2.75) is 32.7 Å². The van der Waals surface area contributed by atoms with Crippen LogP contribution >= 0.6 is 0 Å². The Labute approximate surface area is 184 Å². The van der Waals surface area contributed by atoms with Crippen molar-refractivity contribution in [3.05, 3.63) is 53.2 Å². The van der Waals surface area contributed by atoms with Crippen LogP contribution in [-0.2, 0) is 10.4 Å². The van der Waals surface area contributed by atoms with Crippen molar-refractivity contribution in [1.82, 2.24) is 9.88 Å². The molecule has 9 heteroatoms. The molecule has 0 spiro atoms. The summed E-state index contributed by atoms with van der Waals surface area (Å²) in [5, 5.41) is 10.3. The largest absolute Gasteiger partial charge is 0.586 e. The number of rotatable bonds is 4. The van der Waals surface area contributed by atoms with Gasteiger partial charge in [0.05, 0.1) is 5.69 Å². The van der Waals surface area contributed by atoms with E-state index in [-0.39, 0.29) is 17.4 Å². The van der Waals surface area contributed by atoms with Crippen LogP contribution in [-0.4, -0.2) is 53.4 Å². The van der Waals surface area contributed by atoms with Crippen LogP contribution in [0.3, 0.4) is 0 Å². The van der Waals surface area contributed by atoms with E-state index < -0.39 is 11.9 Å². The maximum atomic E-state index is 13.1. The van der Waals surface area contributed by atoms with Crippen molar-refractivity contribution in [3.63, 3.8) is 0 Å². The van der Waals surface area contributed by atoms with Gasteiger partial charge in [-0.15, -0.1) is 8.78 Å². The van der Waals surface area contributed by atoms with E-state index in [2.05, 4.69) is 19.4 Å². The number of hydrogen-bond acceptors (Lipinski definition) is 6. The Morgan fingerprint density at radius 2 is 1.81 bits per heavy atom. The molecule has 170 valence electrons. The first-order valence-corrected chi connectivity index (χ1v) is 10.3. The van der Waals surface area contributed by atoms with Crippen LogP contribution in [0.2, 0.25) is 0 Å². The minimum atomic E-state index is -3.67. The van der Waals surface area contributed by atoms with Gasteiger partial charge in [-0.25, -0.2) is 4.98 Å². The molecule has 1 saturated heterocycles. The van der Waals surface area contributed by atoms with Gasteiger partial charge in [-0.2, -0.15) is 0 Å². The van der Waals surface area contributed by atoms with Gasteiger partial charge < -0.3 is 24.4 Å². The summed E-state index contributed by atoms with van der Waals surface area (Å²) in [6.45, 7) is 7.63. The fraction of sp³-hybridized carbons (Fsp3) is 0.391. The Kier molecular flexibility index (Phi) is 5.54. The Morgan fingerprint density at radius 3 is 2.50 bits per heavy atom. The third kappa shape index (κ3) is 4.67. The highest BCUT2D eigenvalue weighted by Gasteiger charge is 2.43. The summed E-state index contributed by atoms with van der Waals surface area (Å²) >= 11 is 0. The predicted molar refractivity (Wildman–Crippen MR) is 115 cm³/mol. The molecule has 2 aromatic rings. The number of alkyl halides is 2. The van der Waals surface area contributed by atoms with Crippen LogP contribution in [0.4, 0.5) is 14.6 Å². The number of anilines is 1. The second-order valence-corrected chi connectivity index (χ2v) is 8.42. The quantitative estimate of drug-likeness (QED) is 0.728. The SMILES string of the molecule is Cc1ccc(C(C)(C)O)nc1N1CCN(C(=O)/C=C/c2ccc3c(c2)OC(F)(F)O3)CC1. The second kappa shape index (κ2) is 8.05. The van der Waals surface area contributed by atoms with Crippen molar-refractivity contribution in [1.29, 1.82) is 0 Å². The van der Waals surface area contributed by atoms with Crippen LogP contribution in [0.1, 0.15) is 30.7 Å². The molecule has 0 atom stereocenters. The second-order valence-electron chi connectivity index (χ2n) is 8.42. The van der Waals surface area contributed by atoms with E-state index in [9.17, 15) is 18.7 Å². The summed E-state index contributed by atoms with van der Waals surface area (Å²) in [4.78, 5) is 21.1. The van der Waals surface area contributed by atoms with Gasteiger partial charge in [0.1, 0.15) is 11.4 Å². The summed E-state index contributed by atoms with van der Waals surface area (Å²) in [6, 6.07) is 8.13. The average molecular weight is 445 g/mol. The standard InChI is InChI=1S/C23H25F2N3O4/c1-15-4-8-19(22(2,3)30)26-21(15)28-12-10-27(11-13-28)20(29)9-6-16-5-7-17-18(14-16)32-23(24,25)31-17/h4-9,14,30H,10-13H2,1-3H3/b9-6+. The number of aliphatic hydroxyl groups is 1. The van der Waals surface area contributed by atoms with Crippen molar-refractivity contribution >= 4 is 17.8 Å². The number of aryl methyl sites for hydroxylation is 1. The minimum Gasteiger partial charge on any atom is -0.395 e. The molecule has 1 fully saturated rings. The minimum absolute atomic E-state index is 0.0350. The fourth-order valence-corrected chi connectivity index (χ4v) is 3.66. The van der Waals surface area contributed by atoms with E-state index in [0.717, 1.165) is 11.4 Å². The van der Waals surface area contributed by atoms with E-state index in [1.165, 1.54) is 18.2 Å². The smallest absolute Gasteiger partial charge is 0.395 e. The Balaban J connectivity index is 1.38. The first kappa shape index (κ1) is 22.0. The van der Waals surface area contributed by atoms with Crippen molar-refractivity contribution in [3.8, 4) is 11.5 Å². The lowest BCUT2D eigenvalue weighted by Crippen LogP contribution is -2.48. The molecule has 2 aliphatic heterocycles. The van der Waals surface area contributed by atoms with Gasteiger partial charge in [0, 0.05) is 32.3 Å². The molecule has 2 aliphatic rings. The van der Waals surface area contributed by atoms with E-state index in [0.29, 0.717) is 37.4 Å². The Bertz CT molecular complexity index is 1060. The summed E-state index contributed by atoms with van der Waals surface area (Å²) in [6.07, 6.45) is -0.684. The molecule has 0 unspecified atom stereocenters. The van der Waals surface area contributed by atoms with Crippen molar-refractivity contribution in [2.75, 3.05) is 31.1 Å². The number of halogens is 2. The lowest BCUT2D eigenvalue weighted by atomic mass is 10.0. The first-order chi connectivity index (χ1) is 15.0. The first-order valence-electron chi connectivity index (χ1n) is 10.3. The normalized spacial score (nSPS) is 17.8. The predicted octanol–water partition coefficient (Wildman–Crippen LogP) is 3.30. The molecule has 0 bridgehead atoms. The highest BCUT2D eigenvalue weighted by molar-refractivity contribution is 5.92. The number of piperazine rings is 1. The molecule has 1 amide bonds. The van der Waals surface area contributed by atoms with Gasteiger partial charge in [0.2, 0.25) is 5.91 Å². The zero-order chi connectivity index (χ0) is 23.1. The van der Waals surface area contributed by atoms with Gasteiger partial charge in [-0.1, -0.05) is 12.1 Å². The number of carbonyl (C=O) groups is 1. The molecule has 0 saturated carbocycles. The maximum absolute atomic E-state index is 13.1. The van der Waals surface area contributed by atoms with Crippen LogP contribution in [0.15, 0.2) is 36.4 Å². The van der Waals surface area contributed by atoms with E-state index in [1.807, 2.05) is 19.1 Å². The molecule has 32 heavy (non-hydrogen) atoms. The number of amides is 1. The van der Waals surface area contributed by atoms with Gasteiger partial charge in [0.15, 0.2) is 11.5 Å². The van der Waals surface area contributed by atoms with Crippen LogP contribution in [0.5, 0.6) is 11.5 Å². The molecule has 1 aromatic carbocycles. The fourth-order valence-electron chi connectivity index (χ4n) is 3.66. The van der Waals surface area contributed by atoms with Crippen LogP contribution in [0, 0.1) is 6.92 Å². The summed E-state index contributed by atoms with van der Waals surface area (Å²) in [5.41, 5.74) is 1.13. The van der Waals surface area contributed by atoms with Gasteiger partial charge in [-0.3, -0.25) is 4.79 Å². The zero-order valence-electron chi connectivity index (χ0n) is 18.1. The number of ether oxygens (including phenoxy) is 2. The number of carbonyl (C=O) groups excluding carboxylic acids is 1. The van der Waals surface area contributed by atoms with E-state index in [4.69, 9.17) is 0 Å². The molecule has 3 heterocycles. The monoisotopic (exact) mass is 445 g/mol. The zero-order valence-corrected chi connectivity index (χ0v) is 18.1. The number of hydrogen-bond donors (Lipinski definition) is 1. The number of nitrogens with zero attached hydrogens (tertiary/aromatic N) is 3. The molecular formula is C23H25F2N3O4. The van der Waals surface area contributed by atoms with Crippen LogP contribution in [0.25, 0.3) is 6.08 Å². The lowest BCUT2D eigenvalue weighted by Gasteiger charge is -2.36. The van der Waals surface area contributed by atoms with E-state index >= 15 is 0 Å². The number of pyridine rings is 1. The number of fused-ring (bicyclic) bond motifs is 1. The molecule has 7 nitrogen and oxygen atoms in total. The van der Waals surface area contributed by atoms with Gasteiger partial charge in [-0.05, 0) is 56.2 Å². The lowest BCUT2D eigenvalue weighted by molar-refractivity contribution is -0.286. The van der Waals surface area contributed by atoms with Crippen LogP contribution < -0.4 is 14.4 Å². The summed E-state index contributed by atoms with van der Waals surface area (Å²) < 4.78 is 35.1. The molecular weight excluding hydrogens is 420 g/mol. The summed E-state index contributed by atoms with van der Waals surface area (Å²) in [5.74, 6) is 0.550. The highest BCUT2D eigenvalue weighted by atomic mass is 19.3. The summed E-state index contributed by atoms with van der Waals surface area (Å²) in [7, 11) is 0. The Hall–Kier alpha value is -3.20. The van der Waals surface area contributed by atoms with Gasteiger partial charge >= 0.3 is 6.29 Å². The van der Waals surface area contributed by atoms with E-state index in [1.54, 1.807) is 30.9 Å². The number of aromatic nitrogens is 1.